The highest BCUT2D eigenvalue weighted by molar-refractivity contribution is 7.92. The number of esters is 1. The number of nitrogens with zero attached hydrogens (tertiary/aromatic N) is 5. The average Bonchev–Trinajstić information content (AvgIpc) is 3.21. The standard InChI is InChI=1S/C23H22Cl2FN7O4S/c1-12(32(2)3)37-18(34)10-33-23-19(22(27)28-11-29-23)21(30-33)13-7-8-16(15(26)9-13)31-38(35,36)17-6-4-5-14(24)20(17)25/h4-9,11-12,31H,10H2,1-3H3,(H2,27,28,29). The maximum atomic E-state index is 15.1. The molecule has 4 rings (SSSR count). The topological polar surface area (TPSA) is 145 Å². The number of carbonyl (C=O) groups excluding carboxylic acids is 1. The van der Waals surface area contributed by atoms with Crippen LogP contribution in [0.3, 0.4) is 0 Å². The largest absolute Gasteiger partial charge is 0.445 e. The summed E-state index contributed by atoms with van der Waals surface area (Å²) in [6.45, 7) is 1.43. The molecule has 0 amide bonds. The number of ether oxygens (including phenoxy) is 1. The van der Waals surface area contributed by atoms with E-state index < -0.39 is 28.0 Å². The number of nitrogens with two attached hydrogens (primary N) is 1. The van der Waals surface area contributed by atoms with E-state index in [-0.39, 0.29) is 49.9 Å². The lowest BCUT2D eigenvalue weighted by Gasteiger charge is -2.19. The van der Waals surface area contributed by atoms with Crippen LogP contribution >= 0.6 is 23.2 Å². The summed E-state index contributed by atoms with van der Waals surface area (Å²) in [4.78, 5) is 22.0. The smallest absolute Gasteiger partial charge is 0.329 e. The van der Waals surface area contributed by atoms with E-state index in [4.69, 9.17) is 33.7 Å². The molecule has 0 bridgehead atoms. The van der Waals surface area contributed by atoms with Gasteiger partial charge in [0.2, 0.25) is 0 Å². The maximum Gasteiger partial charge on any atom is 0.329 e. The molecule has 38 heavy (non-hydrogen) atoms. The number of nitrogens with one attached hydrogen (secondary N) is 1. The Bertz CT molecular complexity index is 1650. The van der Waals surface area contributed by atoms with Crippen molar-refractivity contribution >= 4 is 61.7 Å². The molecule has 15 heteroatoms. The first kappa shape index (κ1) is 27.5. The number of carbonyl (C=O) groups is 1. The van der Waals surface area contributed by atoms with Crippen molar-refractivity contribution in [3.63, 3.8) is 0 Å². The number of hydrogen-bond acceptors (Lipinski definition) is 9. The molecule has 1 unspecified atom stereocenters. The molecule has 200 valence electrons. The van der Waals surface area contributed by atoms with Gasteiger partial charge in [-0.2, -0.15) is 5.10 Å². The highest BCUT2D eigenvalue weighted by Crippen LogP contribution is 2.34. The molecule has 0 saturated heterocycles. The maximum absolute atomic E-state index is 15.1. The normalized spacial score (nSPS) is 12.6. The Morgan fingerprint density at radius 1 is 1.24 bits per heavy atom. The number of anilines is 2. The van der Waals surface area contributed by atoms with Crippen molar-refractivity contribution in [2.45, 2.75) is 24.6 Å². The van der Waals surface area contributed by atoms with Gasteiger partial charge in [-0.15, -0.1) is 0 Å². The highest BCUT2D eigenvalue weighted by Gasteiger charge is 2.23. The zero-order valence-electron chi connectivity index (χ0n) is 20.3. The van der Waals surface area contributed by atoms with Crippen LogP contribution in [-0.2, 0) is 26.1 Å². The van der Waals surface area contributed by atoms with Crippen LogP contribution < -0.4 is 10.5 Å². The Morgan fingerprint density at radius 3 is 2.66 bits per heavy atom. The Morgan fingerprint density at radius 2 is 1.97 bits per heavy atom. The van der Waals surface area contributed by atoms with Crippen LogP contribution in [0.2, 0.25) is 10.0 Å². The van der Waals surface area contributed by atoms with Crippen LogP contribution in [0.1, 0.15) is 6.92 Å². The third-order valence-corrected chi connectivity index (χ3v) is 7.90. The van der Waals surface area contributed by atoms with Gasteiger partial charge in [-0.1, -0.05) is 35.3 Å². The van der Waals surface area contributed by atoms with E-state index >= 15 is 4.39 Å². The van der Waals surface area contributed by atoms with Crippen molar-refractivity contribution in [3.8, 4) is 11.3 Å². The number of aromatic nitrogens is 4. The summed E-state index contributed by atoms with van der Waals surface area (Å²) >= 11 is 11.9. The van der Waals surface area contributed by atoms with E-state index in [1.807, 2.05) is 0 Å². The Hall–Kier alpha value is -3.52. The van der Waals surface area contributed by atoms with Crippen LogP contribution in [0.15, 0.2) is 47.6 Å². The second kappa shape index (κ2) is 10.7. The molecular weight excluding hydrogens is 560 g/mol. The van der Waals surface area contributed by atoms with Crippen molar-refractivity contribution in [1.82, 2.24) is 24.6 Å². The number of benzene rings is 2. The number of hydrogen-bond donors (Lipinski definition) is 2. The minimum Gasteiger partial charge on any atom is -0.445 e. The summed E-state index contributed by atoms with van der Waals surface area (Å²) in [5.41, 5.74) is 6.40. The van der Waals surface area contributed by atoms with Gasteiger partial charge in [0.25, 0.3) is 10.0 Å². The van der Waals surface area contributed by atoms with Crippen molar-refractivity contribution in [3.05, 3.63) is 58.6 Å². The first-order valence-electron chi connectivity index (χ1n) is 11.0. The molecule has 0 fully saturated rings. The van der Waals surface area contributed by atoms with Gasteiger partial charge in [-0.25, -0.2) is 32.3 Å². The lowest BCUT2D eigenvalue weighted by molar-refractivity contribution is -0.156. The number of fused-ring (bicyclic) bond motifs is 1. The van der Waals surface area contributed by atoms with E-state index in [9.17, 15) is 13.2 Å². The molecule has 2 aromatic heterocycles. The molecule has 0 aliphatic carbocycles. The average molecular weight is 582 g/mol. The number of sulfonamides is 1. The molecule has 0 aliphatic heterocycles. The third kappa shape index (κ3) is 5.50. The first-order chi connectivity index (χ1) is 17.9. The minimum atomic E-state index is -4.25. The predicted octanol–water partition coefficient (Wildman–Crippen LogP) is 3.77. The molecule has 3 N–H and O–H groups in total. The Labute approximate surface area is 227 Å². The number of halogens is 3. The van der Waals surface area contributed by atoms with Gasteiger partial charge < -0.3 is 10.5 Å². The summed E-state index contributed by atoms with van der Waals surface area (Å²) < 4.78 is 49.6. The fourth-order valence-electron chi connectivity index (χ4n) is 3.43. The van der Waals surface area contributed by atoms with Gasteiger partial charge in [0.1, 0.15) is 35.1 Å². The fraction of sp³-hybridized carbons (Fsp3) is 0.217. The van der Waals surface area contributed by atoms with Crippen LogP contribution in [-0.4, -0.2) is 59.4 Å². The monoisotopic (exact) mass is 581 g/mol. The summed E-state index contributed by atoms with van der Waals surface area (Å²) in [7, 11) is -0.736. The van der Waals surface area contributed by atoms with Gasteiger partial charge in [0.05, 0.1) is 21.1 Å². The fourth-order valence-corrected chi connectivity index (χ4v) is 5.26. The summed E-state index contributed by atoms with van der Waals surface area (Å²) in [6.07, 6.45) is 0.739. The van der Waals surface area contributed by atoms with Crippen molar-refractivity contribution in [2.24, 2.45) is 0 Å². The van der Waals surface area contributed by atoms with Gasteiger partial charge in [0.15, 0.2) is 11.9 Å². The van der Waals surface area contributed by atoms with Crippen molar-refractivity contribution < 1.29 is 22.3 Å². The lowest BCUT2D eigenvalue weighted by atomic mass is 10.1. The SMILES string of the molecule is CC(OC(=O)Cn1nc(-c2ccc(NS(=O)(=O)c3cccc(Cl)c3Cl)c(F)c2)c2c(N)ncnc21)N(C)C. The van der Waals surface area contributed by atoms with Crippen LogP contribution in [0.4, 0.5) is 15.9 Å². The highest BCUT2D eigenvalue weighted by atomic mass is 35.5. The van der Waals surface area contributed by atoms with E-state index in [0.29, 0.717) is 5.39 Å². The molecule has 11 nitrogen and oxygen atoms in total. The molecule has 2 aromatic carbocycles. The molecule has 1 atom stereocenters. The zero-order chi connectivity index (χ0) is 27.8. The van der Waals surface area contributed by atoms with E-state index in [1.165, 1.54) is 41.3 Å². The van der Waals surface area contributed by atoms with E-state index in [1.54, 1.807) is 25.9 Å². The van der Waals surface area contributed by atoms with E-state index in [0.717, 1.165) is 6.07 Å². The molecule has 2 heterocycles. The molecule has 4 aromatic rings. The van der Waals surface area contributed by atoms with Crippen molar-refractivity contribution in [2.75, 3.05) is 24.6 Å². The number of nitrogen functional groups attached to an aromatic ring is 1. The minimum absolute atomic E-state index is 0.0349. The molecular formula is C23H22Cl2FN7O4S. The van der Waals surface area contributed by atoms with Crippen LogP contribution in [0, 0.1) is 5.82 Å². The summed E-state index contributed by atoms with van der Waals surface area (Å²) in [6, 6.07) is 7.81. The molecule has 0 radical (unpaired) electrons. The Balaban J connectivity index is 1.69. The van der Waals surface area contributed by atoms with E-state index in [2.05, 4.69) is 19.8 Å². The first-order valence-corrected chi connectivity index (χ1v) is 13.2. The van der Waals surface area contributed by atoms with Crippen molar-refractivity contribution in [1.29, 1.82) is 0 Å². The van der Waals surface area contributed by atoms with Gasteiger partial charge >= 0.3 is 5.97 Å². The quantitative estimate of drug-likeness (QED) is 0.234. The summed E-state index contributed by atoms with van der Waals surface area (Å²) in [5, 5.41) is 4.54. The Kier molecular flexibility index (Phi) is 7.74. The lowest BCUT2D eigenvalue weighted by Crippen LogP contribution is -2.31. The van der Waals surface area contributed by atoms with Gasteiger partial charge in [0, 0.05) is 5.56 Å². The molecule has 0 spiro atoms. The number of rotatable bonds is 8. The third-order valence-electron chi connectivity index (χ3n) is 5.56. The summed E-state index contributed by atoms with van der Waals surface area (Å²) in [5.74, 6) is -1.41. The second-order valence-corrected chi connectivity index (χ2v) is 10.8. The van der Waals surface area contributed by atoms with Crippen LogP contribution in [0.25, 0.3) is 22.3 Å². The zero-order valence-corrected chi connectivity index (χ0v) is 22.6. The van der Waals surface area contributed by atoms with Gasteiger partial charge in [-0.3, -0.25) is 9.62 Å². The van der Waals surface area contributed by atoms with Gasteiger partial charge in [-0.05, 0) is 45.3 Å². The molecule has 0 saturated carbocycles. The second-order valence-electron chi connectivity index (χ2n) is 8.37. The predicted molar refractivity (Wildman–Crippen MR) is 142 cm³/mol. The molecule has 0 aliphatic rings. The van der Waals surface area contributed by atoms with Crippen LogP contribution in [0.5, 0.6) is 0 Å².